The van der Waals surface area contributed by atoms with Crippen molar-refractivity contribution in [1.29, 1.82) is 0 Å². The van der Waals surface area contributed by atoms with Crippen LogP contribution >= 0.6 is 0 Å². The number of ketones is 1. The van der Waals surface area contributed by atoms with E-state index in [1.165, 1.54) is 44.2 Å². The summed E-state index contributed by atoms with van der Waals surface area (Å²) in [5.74, 6) is -1.37. The van der Waals surface area contributed by atoms with E-state index in [9.17, 15) is 24.5 Å². The molecule has 146 valence electrons. The first-order valence-corrected chi connectivity index (χ1v) is 8.25. The van der Waals surface area contributed by atoms with Gasteiger partial charge in [0.2, 0.25) is 0 Å². The summed E-state index contributed by atoms with van der Waals surface area (Å²) in [5, 5.41) is 13.3. The van der Waals surface area contributed by atoms with E-state index in [1.54, 1.807) is 18.2 Å². The lowest BCUT2D eigenvalue weighted by Crippen LogP contribution is -2.31. The number of nitro benzene ring substituents is 1. The molecule has 0 saturated carbocycles. The first-order chi connectivity index (χ1) is 13.3. The second-order valence-corrected chi connectivity index (χ2v) is 5.77. The summed E-state index contributed by atoms with van der Waals surface area (Å²) in [6, 6.07) is 11.9. The Hall–Kier alpha value is -3.75. The zero-order valence-electron chi connectivity index (χ0n) is 15.2. The van der Waals surface area contributed by atoms with Gasteiger partial charge in [-0.3, -0.25) is 19.7 Å². The minimum atomic E-state index is -1.19. The molecule has 2 aromatic carbocycles. The molecule has 0 heterocycles. The van der Waals surface area contributed by atoms with Crippen LogP contribution in [0.15, 0.2) is 48.5 Å². The van der Waals surface area contributed by atoms with Crippen LogP contribution < -0.4 is 10.1 Å². The van der Waals surface area contributed by atoms with Crippen molar-refractivity contribution in [3.05, 3.63) is 64.2 Å². The molecule has 0 radical (unpaired) electrons. The van der Waals surface area contributed by atoms with Crippen molar-refractivity contribution in [3.8, 4) is 5.75 Å². The molecule has 0 bridgehead atoms. The third-order valence-corrected chi connectivity index (χ3v) is 3.63. The van der Waals surface area contributed by atoms with Crippen LogP contribution in [0.2, 0.25) is 0 Å². The molecule has 0 saturated heterocycles. The fourth-order valence-electron chi connectivity index (χ4n) is 2.20. The fraction of sp³-hybridized carbons (Fsp3) is 0.211. The molecule has 0 unspecified atom stereocenters. The largest absolute Gasteiger partial charge is 0.482 e. The molecule has 1 atom stereocenters. The summed E-state index contributed by atoms with van der Waals surface area (Å²) in [6.45, 7) is 2.27. The highest BCUT2D eigenvalue weighted by Crippen LogP contribution is 2.23. The van der Waals surface area contributed by atoms with Crippen LogP contribution in [0.5, 0.6) is 5.75 Å². The Morgan fingerprint density at radius 3 is 2.54 bits per heavy atom. The van der Waals surface area contributed by atoms with Gasteiger partial charge in [0.05, 0.1) is 4.92 Å². The quantitative estimate of drug-likeness (QED) is 0.320. The number of anilines is 1. The molecule has 1 N–H and O–H groups in total. The van der Waals surface area contributed by atoms with Crippen molar-refractivity contribution in [2.45, 2.75) is 20.0 Å². The molecular formula is C19H18N2O7. The highest BCUT2D eigenvalue weighted by atomic mass is 16.6. The van der Waals surface area contributed by atoms with Crippen LogP contribution in [0, 0.1) is 10.1 Å². The van der Waals surface area contributed by atoms with E-state index < -0.39 is 29.5 Å². The van der Waals surface area contributed by atoms with Crippen molar-refractivity contribution >= 4 is 29.0 Å². The summed E-state index contributed by atoms with van der Waals surface area (Å²) >= 11 is 0. The number of para-hydroxylation sites is 2. The summed E-state index contributed by atoms with van der Waals surface area (Å²) in [5.41, 5.74) is 0.156. The highest BCUT2D eigenvalue weighted by molar-refractivity contribution is 5.97. The average molecular weight is 386 g/mol. The fourth-order valence-corrected chi connectivity index (χ4v) is 2.20. The van der Waals surface area contributed by atoms with Gasteiger partial charge in [0, 0.05) is 11.6 Å². The Morgan fingerprint density at radius 2 is 1.86 bits per heavy atom. The number of Topliss-reactive ketones (excluding diaryl/α,β-unsaturated/α-hetero) is 1. The number of carbonyl (C=O) groups is 3. The number of benzene rings is 2. The number of rotatable bonds is 8. The van der Waals surface area contributed by atoms with Crippen molar-refractivity contribution in [3.63, 3.8) is 0 Å². The number of nitrogens with zero attached hydrogens (tertiary/aromatic N) is 1. The van der Waals surface area contributed by atoms with Crippen LogP contribution in [0.4, 0.5) is 11.4 Å². The van der Waals surface area contributed by atoms with E-state index >= 15 is 0 Å². The third-order valence-electron chi connectivity index (χ3n) is 3.63. The van der Waals surface area contributed by atoms with Crippen LogP contribution in [0.25, 0.3) is 0 Å². The topological polar surface area (TPSA) is 125 Å². The molecular weight excluding hydrogens is 368 g/mol. The first kappa shape index (κ1) is 20.6. The summed E-state index contributed by atoms with van der Waals surface area (Å²) < 4.78 is 10.2. The maximum atomic E-state index is 12.1. The lowest BCUT2D eigenvalue weighted by atomic mass is 10.1. The van der Waals surface area contributed by atoms with Crippen LogP contribution in [-0.2, 0) is 14.3 Å². The Balaban J connectivity index is 1.90. The number of nitro groups is 1. The van der Waals surface area contributed by atoms with Gasteiger partial charge in [0.15, 0.2) is 18.5 Å². The van der Waals surface area contributed by atoms with E-state index in [2.05, 4.69) is 5.32 Å². The molecule has 1 amide bonds. The molecule has 0 aromatic heterocycles. The maximum Gasteiger partial charge on any atom is 0.344 e. The van der Waals surface area contributed by atoms with Crippen molar-refractivity contribution < 1.29 is 28.8 Å². The normalized spacial score (nSPS) is 11.2. The third kappa shape index (κ3) is 5.63. The summed E-state index contributed by atoms with van der Waals surface area (Å²) in [6.07, 6.45) is -1.19. The SMILES string of the molecule is CC(=O)c1cccc(OCC(=O)O[C@H](C)C(=O)Nc2ccccc2[N+](=O)[O-])c1. The molecule has 0 aliphatic rings. The number of ether oxygens (including phenoxy) is 2. The van der Waals surface area contributed by atoms with Gasteiger partial charge in [-0.05, 0) is 32.0 Å². The standard InChI is InChI=1S/C19H18N2O7/c1-12(22)14-6-5-7-15(10-14)27-11-18(23)28-13(2)19(24)20-16-8-3-4-9-17(16)21(25)26/h3-10,13H,11H2,1-2H3,(H,20,24)/t13-/m1/s1. The van der Waals surface area contributed by atoms with Gasteiger partial charge >= 0.3 is 5.97 Å². The zero-order valence-corrected chi connectivity index (χ0v) is 15.2. The number of amides is 1. The van der Waals surface area contributed by atoms with E-state index in [4.69, 9.17) is 9.47 Å². The zero-order chi connectivity index (χ0) is 20.7. The highest BCUT2D eigenvalue weighted by Gasteiger charge is 2.21. The van der Waals surface area contributed by atoms with Gasteiger partial charge in [-0.1, -0.05) is 24.3 Å². The predicted molar refractivity (Wildman–Crippen MR) is 99.2 cm³/mol. The van der Waals surface area contributed by atoms with Gasteiger partial charge in [-0.2, -0.15) is 0 Å². The van der Waals surface area contributed by atoms with Gasteiger partial charge in [0.25, 0.3) is 11.6 Å². The van der Waals surface area contributed by atoms with E-state index in [-0.39, 0.29) is 17.2 Å². The minimum absolute atomic E-state index is 0.00213. The second kappa shape index (κ2) is 9.26. The lowest BCUT2D eigenvalue weighted by molar-refractivity contribution is -0.383. The Labute approximate surface area is 160 Å². The molecule has 28 heavy (non-hydrogen) atoms. The summed E-state index contributed by atoms with van der Waals surface area (Å²) in [4.78, 5) is 45.7. The number of hydrogen-bond acceptors (Lipinski definition) is 7. The smallest absolute Gasteiger partial charge is 0.344 e. The predicted octanol–water partition coefficient (Wildman–Crippen LogP) is 2.75. The van der Waals surface area contributed by atoms with Gasteiger partial charge in [-0.15, -0.1) is 0 Å². The number of esters is 1. The van der Waals surface area contributed by atoms with Crippen molar-refractivity contribution in [1.82, 2.24) is 0 Å². The molecule has 9 heteroatoms. The van der Waals surface area contributed by atoms with Crippen molar-refractivity contribution in [2.24, 2.45) is 0 Å². The molecule has 0 fully saturated rings. The second-order valence-electron chi connectivity index (χ2n) is 5.77. The monoisotopic (exact) mass is 386 g/mol. The van der Waals surface area contributed by atoms with Gasteiger partial charge in [0.1, 0.15) is 11.4 Å². The molecule has 2 rings (SSSR count). The lowest BCUT2D eigenvalue weighted by Gasteiger charge is -2.14. The van der Waals surface area contributed by atoms with E-state index in [0.29, 0.717) is 11.3 Å². The van der Waals surface area contributed by atoms with Crippen LogP contribution in [0.1, 0.15) is 24.2 Å². The minimum Gasteiger partial charge on any atom is -0.482 e. The van der Waals surface area contributed by atoms with Crippen molar-refractivity contribution in [2.75, 3.05) is 11.9 Å². The maximum absolute atomic E-state index is 12.1. The molecule has 9 nitrogen and oxygen atoms in total. The number of hydrogen-bond donors (Lipinski definition) is 1. The van der Waals surface area contributed by atoms with Gasteiger partial charge < -0.3 is 14.8 Å². The molecule has 0 spiro atoms. The average Bonchev–Trinajstić information content (AvgIpc) is 2.66. The van der Waals surface area contributed by atoms with E-state index in [0.717, 1.165) is 0 Å². The van der Waals surface area contributed by atoms with Crippen LogP contribution in [0.3, 0.4) is 0 Å². The van der Waals surface area contributed by atoms with E-state index in [1.807, 2.05) is 0 Å². The summed E-state index contributed by atoms with van der Waals surface area (Å²) in [7, 11) is 0. The number of nitrogens with one attached hydrogen (secondary N) is 1. The molecule has 0 aliphatic heterocycles. The Bertz CT molecular complexity index is 911. The van der Waals surface area contributed by atoms with Gasteiger partial charge in [-0.25, -0.2) is 4.79 Å². The van der Waals surface area contributed by atoms with Crippen LogP contribution in [-0.4, -0.2) is 35.3 Å². The number of carbonyl (C=O) groups excluding carboxylic acids is 3. The molecule has 2 aromatic rings. The Kier molecular flexibility index (Phi) is 6.80. The first-order valence-electron chi connectivity index (χ1n) is 8.25. The Morgan fingerprint density at radius 1 is 1.14 bits per heavy atom. The molecule has 0 aliphatic carbocycles.